The van der Waals surface area contributed by atoms with Crippen LogP contribution >= 0.6 is 11.8 Å². The molecule has 4 aliphatic rings. The number of hydrogen-bond acceptors (Lipinski definition) is 4. The molecule has 0 radical (unpaired) electrons. The van der Waals surface area contributed by atoms with E-state index in [2.05, 4.69) is 15.6 Å². The molecule has 4 rings (SSSR count). The first-order valence-electron chi connectivity index (χ1n) is 6.55. The number of aliphatic carboxylic acids is 1. The van der Waals surface area contributed by atoms with Crippen molar-refractivity contribution in [3.05, 3.63) is 11.3 Å². The highest BCUT2D eigenvalue weighted by Crippen LogP contribution is 2.41. The molecule has 20 heavy (non-hydrogen) atoms. The second-order valence-corrected chi connectivity index (χ2v) is 6.61. The second kappa shape index (κ2) is 3.91. The van der Waals surface area contributed by atoms with E-state index in [0.717, 1.165) is 12.0 Å². The highest BCUT2D eigenvalue weighted by molar-refractivity contribution is 8.00. The van der Waals surface area contributed by atoms with E-state index >= 15 is 0 Å². The zero-order valence-corrected chi connectivity index (χ0v) is 11.6. The molecule has 3 unspecified atom stereocenters. The highest BCUT2D eigenvalue weighted by atomic mass is 32.2. The van der Waals surface area contributed by atoms with E-state index in [0.29, 0.717) is 23.8 Å². The van der Waals surface area contributed by atoms with Crippen molar-refractivity contribution in [3.63, 3.8) is 0 Å². The molecule has 0 spiro atoms. The summed E-state index contributed by atoms with van der Waals surface area (Å²) in [7, 11) is 0. The topological polar surface area (TPSA) is 94.0 Å². The molecule has 3 fully saturated rings. The summed E-state index contributed by atoms with van der Waals surface area (Å²) in [6, 6.07) is 0.432. The molecule has 3 heterocycles. The van der Waals surface area contributed by atoms with Gasteiger partial charge in [-0.25, -0.2) is 9.79 Å². The minimum atomic E-state index is -1.04. The zero-order valence-electron chi connectivity index (χ0n) is 10.8. The Bertz CT molecular complexity index is 575. The quantitative estimate of drug-likeness (QED) is 0.584. The van der Waals surface area contributed by atoms with E-state index in [1.54, 1.807) is 18.7 Å². The van der Waals surface area contributed by atoms with Crippen molar-refractivity contribution in [2.45, 2.75) is 36.8 Å². The number of nitrogens with one attached hydrogen (secondary N) is 2. The first-order chi connectivity index (χ1) is 9.56. The average molecular weight is 294 g/mol. The number of fused-ring (bicyclic) bond motifs is 2. The Morgan fingerprint density at radius 1 is 1.45 bits per heavy atom. The predicted octanol–water partition coefficient (Wildman–Crippen LogP) is -0.682. The number of carboxylic acid groups (broad SMARTS) is 1. The van der Waals surface area contributed by atoms with Gasteiger partial charge in [0.2, 0.25) is 0 Å². The molecule has 0 aromatic carbocycles. The molecular formula is C12H14N4O3S. The van der Waals surface area contributed by atoms with E-state index in [1.165, 1.54) is 4.90 Å². The van der Waals surface area contributed by atoms with Crippen molar-refractivity contribution in [1.29, 1.82) is 0 Å². The molecule has 0 aromatic rings. The summed E-state index contributed by atoms with van der Waals surface area (Å²) < 4.78 is 0. The van der Waals surface area contributed by atoms with Crippen LogP contribution in [0.25, 0.3) is 0 Å². The fourth-order valence-corrected chi connectivity index (χ4v) is 4.14. The van der Waals surface area contributed by atoms with Gasteiger partial charge in [-0.3, -0.25) is 9.69 Å². The van der Waals surface area contributed by atoms with E-state index < -0.39 is 12.0 Å². The summed E-state index contributed by atoms with van der Waals surface area (Å²) in [6.07, 6.45) is 1.10. The van der Waals surface area contributed by atoms with Gasteiger partial charge in [0, 0.05) is 5.75 Å². The Morgan fingerprint density at radius 2 is 2.15 bits per heavy atom. The third-order valence-electron chi connectivity index (χ3n) is 4.04. The molecular weight excluding hydrogens is 280 g/mol. The van der Waals surface area contributed by atoms with Crippen LogP contribution in [0.5, 0.6) is 0 Å². The van der Waals surface area contributed by atoms with Gasteiger partial charge in [-0.05, 0) is 18.9 Å². The molecule has 0 bridgehead atoms. The fraction of sp³-hybridized carbons (Fsp3) is 0.583. The summed E-state index contributed by atoms with van der Waals surface area (Å²) >= 11 is 1.57. The number of hydrogen-bond donors (Lipinski definition) is 3. The maximum Gasteiger partial charge on any atom is 0.352 e. The second-order valence-electron chi connectivity index (χ2n) is 5.50. The lowest BCUT2D eigenvalue weighted by Gasteiger charge is -2.47. The predicted molar refractivity (Wildman–Crippen MR) is 73.1 cm³/mol. The third-order valence-corrected chi connectivity index (χ3v) is 5.45. The molecule has 106 valence electrons. The number of guanidine groups is 1. The number of rotatable bonds is 2. The largest absolute Gasteiger partial charge is 0.477 e. The number of carbonyl (C=O) groups is 2. The smallest absolute Gasteiger partial charge is 0.352 e. The van der Waals surface area contributed by atoms with Crippen LogP contribution in [-0.4, -0.2) is 57.1 Å². The zero-order chi connectivity index (χ0) is 14.0. The molecule has 3 N–H and O–H groups in total. The van der Waals surface area contributed by atoms with Crippen LogP contribution in [0.4, 0.5) is 0 Å². The van der Waals surface area contributed by atoms with Crippen molar-refractivity contribution in [1.82, 2.24) is 15.5 Å². The molecule has 1 aliphatic carbocycles. The van der Waals surface area contributed by atoms with Gasteiger partial charge in [0.25, 0.3) is 5.91 Å². The summed E-state index contributed by atoms with van der Waals surface area (Å²) in [6.45, 7) is 1.76. The first-order valence-corrected chi connectivity index (χ1v) is 7.59. The summed E-state index contributed by atoms with van der Waals surface area (Å²) in [5.74, 6) is 0.0398. The van der Waals surface area contributed by atoms with Crippen LogP contribution < -0.4 is 10.6 Å². The van der Waals surface area contributed by atoms with Gasteiger partial charge in [0.05, 0.1) is 12.1 Å². The lowest BCUT2D eigenvalue weighted by molar-refractivity contribution is -0.147. The van der Waals surface area contributed by atoms with Gasteiger partial charge in [-0.15, -0.1) is 11.8 Å². The number of amides is 1. The van der Waals surface area contributed by atoms with Crippen LogP contribution in [0, 0.1) is 0 Å². The Labute approximate surface area is 119 Å². The molecule has 3 aliphatic heterocycles. The average Bonchev–Trinajstić information content (AvgIpc) is 3.02. The minimum Gasteiger partial charge on any atom is -0.477 e. The van der Waals surface area contributed by atoms with E-state index in [1.807, 2.05) is 0 Å². The summed E-state index contributed by atoms with van der Waals surface area (Å²) in [5, 5.41) is 15.5. The molecule has 2 saturated heterocycles. The van der Waals surface area contributed by atoms with Gasteiger partial charge in [-0.2, -0.15) is 0 Å². The molecule has 1 saturated carbocycles. The summed E-state index contributed by atoms with van der Waals surface area (Å²) in [5.41, 5.74) is 0.863. The van der Waals surface area contributed by atoms with Gasteiger partial charge in [0.1, 0.15) is 11.1 Å². The number of thioether (sulfide) groups is 1. The van der Waals surface area contributed by atoms with Crippen molar-refractivity contribution < 1.29 is 14.7 Å². The Hall–Kier alpha value is -1.70. The van der Waals surface area contributed by atoms with Crippen molar-refractivity contribution in [3.8, 4) is 0 Å². The number of nitrogens with zero attached hydrogens (tertiary/aromatic N) is 2. The highest BCUT2D eigenvalue weighted by Gasteiger charge is 2.54. The third kappa shape index (κ3) is 1.57. The standard InChI is InChI=1S/C12H14N4O3S/c1-4-3-20-10-7(9(17)16(10)8(4)11(18)19)15-12-13-5-2-6(5)14-12/h5-7,10H,2-3H2,1H3,(H,18,19)(H2,13,14,15)/t5?,6?,7?,10-/m1/s1. The molecule has 7 nitrogen and oxygen atoms in total. The molecule has 0 aromatic heterocycles. The Morgan fingerprint density at radius 3 is 2.80 bits per heavy atom. The number of carboxylic acids is 1. The summed E-state index contributed by atoms with van der Waals surface area (Å²) in [4.78, 5) is 29.3. The molecule has 4 atom stereocenters. The maximum atomic E-state index is 12.2. The van der Waals surface area contributed by atoms with Crippen molar-refractivity contribution in [2.24, 2.45) is 4.99 Å². The minimum absolute atomic E-state index is 0.130. The lowest BCUT2D eigenvalue weighted by atomic mass is 10.0. The first kappa shape index (κ1) is 12.1. The normalized spacial score (nSPS) is 37.5. The van der Waals surface area contributed by atoms with E-state index in [9.17, 15) is 14.7 Å². The lowest BCUT2D eigenvalue weighted by Crippen LogP contribution is -2.64. The Kier molecular flexibility index (Phi) is 2.36. The monoisotopic (exact) mass is 294 g/mol. The number of β-lactam (4-membered cyclic amide) rings is 1. The van der Waals surface area contributed by atoms with Crippen LogP contribution in [0.1, 0.15) is 13.3 Å². The maximum absolute atomic E-state index is 12.2. The van der Waals surface area contributed by atoms with Crippen LogP contribution in [-0.2, 0) is 9.59 Å². The number of carbonyl (C=O) groups excluding carboxylic acids is 1. The molecule has 8 heteroatoms. The van der Waals surface area contributed by atoms with Gasteiger partial charge in [0.15, 0.2) is 12.0 Å². The van der Waals surface area contributed by atoms with Crippen molar-refractivity contribution in [2.75, 3.05) is 5.75 Å². The van der Waals surface area contributed by atoms with E-state index in [4.69, 9.17) is 0 Å². The van der Waals surface area contributed by atoms with Gasteiger partial charge in [-0.1, -0.05) is 0 Å². The number of aliphatic imine (C=N–C) groups is 1. The van der Waals surface area contributed by atoms with Crippen molar-refractivity contribution >= 4 is 29.6 Å². The van der Waals surface area contributed by atoms with Gasteiger partial charge >= 0.3 is 5.97 Å². The van der Waals surface area contributed by atoms with E-state index in [-0.39, 0.29) is 17.0 Å². The Balaban J connectivity index is 1.56. The van der Waals surface area contributed by atoms with Gasteiger partial charge < -0.3 is 15.7 Å². The van der Waals surface area contributed by atoms with Crippen LogP contribution in [0.3, 0.4) is 0 Å². The molecule has 1 amide bonds. The fourth-order valence-electron chi connectivity index (χ4n) is 2.86. The SMILES string of the molecule is CC1=C(C(=O)O)N2C(=O)C(N=C3NC4CC4N3)[C@H]2SC1. The van der Waals surface area contributed by atoms with Crippen LogP contribution in [0.15, 0.2) is 16.3 Å². The van der Waals surface area contributed by atoms with Crippen LogP contribution in [0.2, 0.25) is 0 Å².